The zero-order valence-corrected chi connectivity index (χ0v) is 13.9. The molecule has 1 amide bonds. The van der Waals surface area contributed by atoms with E-state index in [9.17, 15) is 9.59 Å². The molecule has 0 fully saturated rings. The minimum atomic E-state index is -0.588. The lowest BCUT2D eigenvalue weighted by Gasteiger charge is -2.21. The molecule has 0 heterocycles. The van der Waals surface area contributed by atoms with E-state index in [2.05, 4.69) is 5.32 Å². The number of halogens is 1. The molecule has 0 aromatic heterocycles. The van der Waals surface area contributed by atoms with Crippen LogP contribution in [0.25, 0.3) is 0 Å². The fourth-order valence-electron chi connectivity index (χ4n) is 1.83. The number of carbonyl (C=O) groups is 2. The van der Waals surface area contributed by atoms with Crippen LogP contribution in [0.1, 0.15) is 26.3 Å². The predicted octanol–water partition coefficient (Wildman–Crippen LogP) is 3.11. The van der Waals surface area contributed by atoms with Gasteiger partial charge in [-0.3, -0.25) is 4.79 Å². The quantitative estimate of drug-likeness (QED) is 0.644. The third-order valence-corrected chi connectivity index (χ3v) is 2.86. The molecule has 0 aliphatic rings. The van der Waals surface area contributed by atoms with Crippen molar-refractivity contribution in [1.82, 2.24) is 5.32 Å². The molecule has 5 nitrogen and oxygen atoms in total. The van der Waals surface area contributed by atoms with Gasteiger partial charge >= 0.3 is 12.1 Å². The van der Waals surface area contributed by atoms with Crippen molar-refractivity contribution in [1.29, 1.82) is 0 Å². The molecule has 6 heteroatoms. The van der Waals surface area contributed by atoms with E-state index in [1.54, 1.807) is 20.8 Å². The number of alkyl carbamates (subject to hydrolysis) is 1. The summed E-state index contributed by atoms with van der Waals surface area (Å²) in [6.07, 6.45) is -0.115. The minimum absolute atomic E-state index is 0.125. The maximum atomic E-state index is 11.9. The van der Waals surface area contributed by atoms with E-state index in [1.807, 2.05) is 30.3 Å². The van der Waals surface area contributed by atoms with Crippen LogP contribution in [0.2, 0.25) is 0 Å². The van der Waals surface area contributed by atoms with E-state index in [-0.39, 0.29) is 12.6 Å². The zero-order chi connectivity index (χ0) is 16.6. The molecule has 22 heavy (non-hydrogen) atoms. The Labute approximate surface area is 135 Å². The largest absolute Gasteiger partial charge is 0.449 e. The first kappa shape index (κ1) is 18.3. The average molecular weight is 328 g/mol. The van der Waals surface area contributed by atoms with Gasteiger partial charge in [-0.2, -0.15) is 0 Å². The van der Waals surface area contributed by atoms with Crippen LogP contribution >= 0.6 is 11.6 Å². The average Bonchev–Trinajstić information content (AvgIpc) is 2.43. The number of carbonyl (C=O) groups excluding carboxylic acids is 2. The molecular formula is C16H22ClNO4. The van der Waals surface area contributed by atoms with E-state index in [0.717, 1.165) is 5.56 Å². The summed E-state index contributed by atoms with van der Waals surface area (Å²) in [6.45, 7) is 5.45. The molecule has 0 radical (unpaired) electrons. The van der Waals surface area contributed by atoms with E-state index in [4.69, 9.17) is 21.1 Å². The zero-order valence-electron chi connectivity index (χ0n) is 13.1. The number of alkyl halides is 1. The summed E-state index contributed by atoms with van der Waals surface area (Å²) >= 11 is 5.44. The molecule has 0 saturated carbocycles. The summed E-state index contributed by atoms with van der Waals surface area (Å²) < 4.78 is 9.99. The van der Waals surface area contributed by atoms with Crippen LogP contribution in [-0.4, -0.2) is 30.3 Å². The van der Waals surface area contributed by atoms with Gasteiger partial charge in [-0.25, -0.2) is 4.79 Å². The van der Waals surface area contributed by atoms with Crippen LogP contribution in [0.5, 0.6) is 0 Å². The summed E-state index contributed by atoms with van der Waals surface area (Å²) in [4.78, 5) is 23.6. The third-order valence-electron chi connectivity index (χ3n) is 2.75. The van der Waals surface area contributed by atoms with Gasteiger partial charge in [-0.1, -0.05) is 41.9 Å². The van der Waals surface area contributed by atoms with Crippen molar-refractivity contribution in [3.05, 3.63) is 35.9 Å². The maximum absolute atomic E-state index is 11.9. The standard InChI is InChI=1S/C16H22ClNO4/c1-16(2,3)22-15(20)18-10-13(14(19)21-11-17)9-12-7-5-4-6-8-12/h4-8,13H,9-11H2,1-3H3,(H,18,20). The van der Waals surface area contributed by atoms with Gasteiger partial charge in [0.2, 0.25) is 0 Å². The van der Waals surface area contributed by atoms with Gasteiger partial charge in [-0.15, -0.1) is 0 Å². The summed E-state index contributed by atoms with van der Waals surface area (Å²) in [7, 11) is 0. The second-order valence-corrected chi connectivity index (χ2v) is 6.06. The Morgan fingerprint density at radius 1 is 1.23 bits per heavy atom. The Kier molecular flexibility index (Phi) is 7.18. The second kappa shape index (κ2) is 8.63. The molecule has 1 unspecified atom stereocenters. The Morgan fingerprint density at radius 3 is 2.41 bits per heavy atom. The molecule has 0 aliphatic carbocycles. The highest BCUT2D eigenvalue weighted by atomic mass is 35.5. The lowest BCUT2D eigenvalue weighted by atomic mass is 9.99. The smallest absolute Gasteiger partial charge is 0.407 e. The summed E-state index contributed by atoms with van der Waals surface area (Å²) in [5.74, 6) is -0.969. The minimum Gasteiger partial charge on any atom is -0.449 e. The SMILES string of the molecule is CC(C)(C)OC(=O)NCC(Cc1ccccc1)C(=O)OCCl. The second-order valence-electron chi connectivity index (χ2n) is 5.84. The number of benzene rings is 1. The van der Waals surface area contributed by atoms with Gasteiger partial charge in [0.15, 0.2) is 6.07 Å². The summed E-state index contributed by atoms with van der Waals surface area (Å²) in [6, 6.07) is 9.29. The fraction of sp³-hybridized carbons (Fsp3) is 0.500. The number of hydrogen-bond acceptors (Lipinski definition) is 4. The van der Waals surface area contributed by atoms with E-state index < -0.39 is 23.6 Å². The number of esters is 1. The highest BCUT2D eigenvalue weighted by Gasteiger charge is 2.23. The van der Waals surface area contributed by atoms with Crippen molar-refractivity contribution in [2.24, 2.45) is 5.92 Å². The Morgan fingerprint density at radius 2 is 1.86 bits per heavy atom. The first-order valence-corrected chi connectivity index (χ1v) is 7.58. The van der Waals surface area contributed by atoms with E-state index in [0.29, 0.717) is 6.42 Å². The maximum Gasteiger partial charge on any atom is 0.407 e. The lowest BCUT2D eigenvalue weighted by molar-refractivity contribution is -0.146. The molecule has 0 saturated heterocycles. The normalized spacial score (nSPS) is 12.4. The Hall–Kier alpha value is -1.75. The highest BCUT2D eigenvalue weighted by Crippen LogP contribution is 2.11. The summed E-state index contributed by atoms with van der Waals surface area (Å²) in [5.41, 5.74) is 0.389. The number of ether oxygens (including phenoxy) is 2. The van der Waals surface area contributed by atoms with Crippen LogP contribution in [0.15, 0.2) is 30.3 Å². The van der Waals surface area contributed by atoms with Gasteiger partial charge in [0.25, 0.3) is 0 Å². The number of amides is 1. The molecular weight excluding hydrogens is 306 g/mol. The third kappa shape index (κ3) is 7.31. The van der Waals surface area contributed by atoms with Gasteiger partial charge < -0.3 is 14.8 Å². The van der Waals surface area contributed by atoms with Gasteiger partial charge in [0.05, 0.1) is 5.92 Å². The molecule has 0 bridgehead atoms. The first-order valence-electron chi connectivity index (χ1n) is 7.05. The predicted molar refractivity (Wildman–Crippen MR) is 84.7 cm³/mol. The fourth-order valence-corrected chi connectivity index (χ4v) is 1.94. The van der Waals surface area contributed by atoms with Gasteiger partial charge in [0, 0.05) is 6.54 Å². The van der Waals surface area contributed by atoms with Crippen molar-refractivity contribution in [3.63, 3.8) is 0 Å². The van der Waals surface area contributed by atoms with Crippen molar-refractivity contribution >= 4 is 23.7 Å². The molecule has 122 valence electrons. The van der Waals surface area contributed by atoms with Crippen molar-refractivity contribution in [3.8, 4) is 0 Å². The first-order chi connectivity index (χ1) is 10.3. The summed E-state index contributed by atoms with van der Waals surface area (Å²) in [5, 5.41) is 2.59. The molecule has 1 atom stereocenters. The van der Waals surface area contributed by atoms with Crippen LogP contribution in [0.3, 0.4) is 0 Å². The topological polar surface area (TPSA) is 64.6 Å². The molecule has 1 aromatic carbocycles. The van der Waals surface area contributed by atoms with Crippen molar-refractivity contribution < 1.29 is 19.1 Å². The lowest BCUT2D eigenvalue weighted by Crippen LogP contribution is -2.38. The van der Waals surface area contributed by atoms with Gasteiger partial charge in [-0.05, 0) is 32.8 Å². The number of nitrogens with one attached hydrogen (secondary N) is 1. The Bertz CT molecular complexity index is 485. The van der Waals surface area contributed by atoms with Crippen LogP contribution in [0, 0.1) is 5.92 Å². The van der Waals surface area contributed by atoms with Gasteiger partial charge in [0.1, 0.15) is 5.60 Å². The number of hydrogen-bond donors (Lipinski definition) is 1. The van der Waals surface area contributed by atoms with Crippen LogP contribution < -0.4 is 5.32 Å². The monoisotopic (exact) mass is 327 g/mol. The van der Waals surface area contributed by atoms with Crippen molar-refractivity contribution in [2.75, 3.05) is 12.6 Å². The van der Waals surface area contributed by atoms with Crippen LogP contribution in [-0.2, 0) is 20.7 Å². The number of rotatable bonds is 6. The van der Waals surface area contributed by atoms with E-state index in [1.165, 1.54) is 0 Å². The Balaban J connectivity index is 2.62. The van der Waals surface area contributed by atoms with Crippen molar-refractivity contribution in [2.45, 2.75) is 32.8 Å². The molecule has 1 N–H and O–H groups in total. The van der Waals surface area contributed by atoms with Crippen LogP contribution in [0.4, 0.5) is 4.79 Å². The molecule has 1 rings (SSSR count). The van der Waals surface area contributed by atoms with E-state index >= 15 is 0 Å². The molecule has 0 aliphatic heterocycles. The highest BCUT2D eigenvalue weighted by molar-refractivity contribution is 6.17. The molecule has 1 aromatic rings. The molecule has 0 spiro atoms.